The summed E-state index contributed by atoms with van der Waals surface area (Å²) in [5.41, 5.74) is 0. The van der Waals surface area contributed by atoms with Crippen molar-refractivity contribution in [2.24, 2.45) is 5.92 Å². The van der Waals surface area contributed by atoms with Crippen molar-refractivity contribution >= 4 is 0 Å². The Morgan fingerprint density at radius 2 is 1.88 bits per heavy atom. The predicted molar refractivity (Wildman–Crippen MR) is 73.2 cm³/mol. The fourth-order valence-electron chi connectivity index (χ4n) is 2.69. The maximum absolute atomic E-state index is 9.80. The van der Waals surface area contributed by atoms with Crippen LogP contribution in [0.15, 0.2) is 0 Å². The van der Waals surface area contributed by atoms with E-state index in [-0.39, 0.29) is 6.10 Å². The zero-order chi connectivity index (χ0) is 12.8. The molecule has 0 bridgehead atoms. The highest BCUT2D eigenvalue weighted by molar-refractivity contribution is 4.81. The molecule has 1 saturated carbocycles. The summed E-state index contributed by atoms with van der Waals surface area (Å²) in [6, 6.07) is 0.598. The van der Waals surface area contributed by atoms with E-state index in [1.165, 1.54) is 12.8 Å². The first-order valence-corrected chi connectivity index (χ1v) is 7.06. The van der Waals surface area contributed by atoms with Gasteiger partial charge >= 0.3 is 0 Å². The van der Waals surface area contributed by atoms with Gasteiger partial charge in [0.05, 0.1) is 6.10 Å². The Hall–Kier alpha value is -0.120. The molecule has 0 heterocycles. The van der Waals surface area contributed by atoms with Crippen molar-refractivity contribution < 1.29 is 5.11 Å². The Kier molecular flexibility index (Phi) is 6.45. The van der Waals surface area contributed by atoms with Gasteiger partial charge in [0.1, 0.15) is 0 Å². The van der Waals surface area contributed by atoms with Crippen LogP contribution in [-0.4, -0.2) is 60.8 Å². The number of aliphatic hydroxyl groups excluding tert-OH is 1. The van der Waals surface area contributed by atoms with Gasteiger partial charge in [0, 0.05) is 25.7 Å². The molecule has 1 fully saturated rings. The van der Waals surface area contributed by atoms with Gasteiger partial charge in [0.15, 0.2) is 0 Å². The lowest BCUT2D eigenvalue weighted by Gasteiger charge is -2.37. The average Bonchev–Trinajstić information content (AvgIpc) is 2.23. The molecule has 0 aliphatic heterocycles. The van der Waals surface area contributed by atoms with Crippen LogP contribution in [0.3, 0.4) is 0 Å². The fraction of sp³-hybridized carbons (Fsp3) is 1.00. The summed E-state index contributed by atoms with van der Waals surface area (Å²) in [6.45, 7) is 7.96. The second-order valence-corrected chi connectivity index (χ2v) is 6.17. The highest BCUT2D eigenvalue weighted by Crippen LogP contribution is 2.23. The van der Waals surface area contributed by atoms with Gasteiger partial charge in [-0.3, -0.25) is 4.90 Å². The third-order valence-electron chi connectivity index (χ3n) is 3.57. The van der Waals surface area contributed by atoms with Crippen LogP contribution in [-0.2, 0) is 0 Å². The van der Waals surface area contributed by atoms with Crippen molar-refractivity contribution in [3.05, 3.63) is 0 Å². The predicted octanol–water partition coefficient (Wildman–Crippen LogP) is 1.81. The van der Waals surface area contributed by atoms with Gasteiger partial charge < -0.3 is 10.0 Å². The minimum absolute atomic E-state index is 0.0669. The number of likely N-dealkylation sites (N-methyl/N-ethyl adjacent to an activating group) is 1. The molecule has 0 aromatic rings. The first-order chi connectivity index (χ1) is 7.99. The van der Waals surface area contributed by atoms with Crippen LogP contribution in [0.1, 0.15) is 39.5 Å². The summed E-state index contributed by atoms with van der Waals surface area (Å²) in [5, 5.41) is 9.80. The highest BCUT2D eigenvalue weighted by Gasteiger charge is 2.25. The molecule has 0 spiro atoms. The van der Waals surface area contributed by atoms with Gasteiger partial charge in [0.2, 0.25) is 0 Å². The van der Waals surface area contributed by atoms with E-state index in [0.717, 1.165) is 32.5 Å². The Morgan fingerprint density at radius 3 is 2.41 bits per heavy atom. The molecular weight excluding hydrogens is 212 g/mol. The second kappa shape index (κ2) is 7.34. The number of aliphatic hydroxyl groups is 1. The van der Waals surface area contributed by atoms with Crippen molar-refractivity contribution in [2.75, 3.05) is 33.7 Å². The summed E-state index contributed by atoms with van der Waals surface area (Å²) < 4.78 is 0. The van der Waals surface area contributed by atoms with Crippen molar-refractivity contribution in [3.8, 4) is 0 Å². The van der Waals surface area contributed by atoms with Crippen LogP contribution >= 0.6 is 0 Å². The van der Waals surface area contributed by atoms with Gasteiger partial charge in [-0.2, -0.15) is 0 Å². The lowest BCUT2D eigenvalue weighted by molar-refractivity contribution is 0.0533. The smallest absolute Gasteiger partial charge is 0.0555 e. The molecule has 3 heteroatoms. The molecule has 3 nitrogen and oxygen atoms in total. The summed E-state index contributed by atoms with van der Waals surface area (Å²) in [6.07, 6.45) is 4.35. The van der Waals surface area contributed by atoms with Crippen LogP contribution in [0.2, 0.25) is 0 Å². The minimum atomic E-state index is -0.0669. The molecule has 0 radical (unpaired) electrons. The SMILES string of the molecule is CC(C)CN(CCN(C)C)C1CCCC(O)C1. The molecule has 1 aliphatic rings. The number of hydrogen-bond acceptors (Lipinski definition) is 3. The fourth-order valence-corrected chi connectivity index (χ4v) is 2.69. The third kappa shape index (κ3) is 5.84. The van der Waals surface area contributed by atoms with Crippen molar-refractivity contribution in [1.82, 2.24) is 9.80 Å². The first-order valence-electron chi connectivity index (χ1n) is 7.06. The zero-order valence-electron chi connectivity index (χ0n) is 12.0. The molecule has 1 rings (SSSR count). The Bertz CT molecular complexity index is 206. The normalized spacial score (nSPS) is 26.1. The molecular formula is C14H30N2O. The van der Waals surface area contributed by atoms with E-state index >= 15 is 0 Å². The Balaban J connectivity index is 2.48. The van der Waals surface area contributed by atoms with E-state index in [1.54, 1.807) is 0 Å². The highest BCUT2D eigenvalue weighted by atomic mass is 16.3. The number of hydrogen-bond donors (Lipinski definition) is 1. The molecule has 0 aromatic heterocycles. The van der Waals surface area contributed by atoms with E-state index in [1.807, 2.05) is 0 Å². The van der Waals surface area contributed by atoms with Crippen LogP contribution in [0.5, 0.6) is 0 Å². The van der Waals surface area contributed by atoms with Gasteiger partial charge in [-0.25, -0.2) is 0 Å². The molecule has 1 aliphatic carbocycles. The van der Waals surface area contributed by atoms with E-state index in [9.17, 15) is 5.11 Å². The van der Waals surface area contributed by atoms with Crippen LogP contribution in [0.25, 0.3) is 0 Å². The molecule has 0 saturated heterocycles. The molecule has 102 valence electrons. The minimum Gasteiger partial charge on any atom is -0.393 e. The van der Waals surface area contributed by atoms with E-state index in [2.05, 4.69) is 37.7 Å². The molecule has 2 unspecified atom stereocenters. The first kappa shape index (κ1) is 14.9. The lowest BCUT2D eigenvalue weighted by Crippen LogP contribution is -2.44. The van der Waals surface area contributed by atoms with Gasteiger partial charge in [0.25, 0.3) is 0 Å². The lowest BCUT2D eigenvalue weighted by atomic mass is 9.91. The molecule has 2 atom stereocenters. The van der Waals surface area contributed by atoms with Crippen molar-refractivity contribution in [1.29, 1.82) is 0 Å². The number of rotatable bonds is 6. The summed E-state index contributed by atoms with van der Waals surface area (Å²) in [7, 11) is 4.26. The molecule has 0 amide bonds. The quantitative estimate of drug-likeness (QED) is 0.769. The maximum Gasteiger partial charge on any atom is 0.0555 e. The van der Waals surface area contributed by atoms with Crippen molar-refractivity contribution in [3.63, 3.8) is 0 Å². The van der Waals surface area contributed by atoms with E-state index in [4.69, 9.17) is 0 Å². The topological polar surface area (TPSA) is 26.7 Å². The van der Waals surface area contributed by atoms with Crippen molar-refractivity contribution in [2.45, 2.75) is 51.7 Å². The van der Waals surface area contributed by atoms with E-state index in [0.29, 0.717) is 12.0 Å². The molecule has 17 heavy (non-hydrogen) atoms. The van der Waals surface area contributed by atoms with Gasteiger partial charge in [-0.1, -0.05) is 13.8 Å². The van der Waals surface area contributed by atoms with Gasteiger partial charge in [-0.05, 0) is 45.7 Å². The zero-order valence-corrected chi connectivity index (χ0v) is 12.0. The largest absolute Gasteiger partial charge is 0.393 e. The van der Waals surface area contributed by atoms with E-state index < -0.39 is 0 Å². The Morgan fingerprint density at radius 1 is 1.18 bits per heavy atom. The number of nitrogens with zero attached hydrogens (tertiary/aromatic N) is 2. The standard InChI is InChI=1S/C14H30N2O/c1-12(2)11-16(9-8-15(3)4)13-6-5-7-14(17)10-13/h12-14,17H,5-11H2,1-4H3. The summed E-state index contributed by atoms with van der Waals surface area (Å²) in [5.74, 6) is 0.705. The molecule has 0 aromatic carbocycles. The maximum atomic E-state index is 9.80. The second-order valence-electron chi connectivity index (χ2n) is 6.17. The summed E-state index contributed by atoms with van der Waals surface area (Å²) in [4.78, 5) is 4.83. The van der Waals surface area contributed by atoms with Gasteiger partial charge in [-0.15, -0.1) is 0 Å². The van der Waals surface area contributed by atoms with Crippen LogP contribution < -0.4 is 0 Å². The summed E-state index contributed by atoms with van der Waals surface area (Å²) >= 11 is 0. The Labute approximate surface area is 107 Å². The third-order valence-corrected chi connectivity index (χ3v) is 3.57. The monoisotopic (exact) mass is 242 g/mol. The average molecular weight is 242 g/mol. The molecule has 1 N–H and O–H groups in total. The van der Waals surface area contributed by atoms with Crippen LogP contribution in [0, 0.1) is 5.92 Å². The van der Waals surface area contributed by atoms with Crippen LogP contribution in [0.4, 0.5) is 0 Å².